The minimum absolute atomic E-state index is 0.132. The van der Waals surface area contributed by atoms with Crippen molar-refractivity contribution in [2.75, 3.05) is 5.32 Å². The Labute approximate surface area is 167 Å². The van der Waals surface area contributed by atoms with Gasteiger partial charge in [-0.15, -0.1) is 0 Å². The van der Waals surface area contributed by atoms with Gasteiger partial charge in [0.25, 0.3) is 5.91 Å². The van der Waals surface area contributed by atoms with Crippen LogP contribution < -0.4 is 10.6 Å². The van der Waals surface area contributed by atoms with E-state index in [0.29, 0.717) is 11.3 Å². The zero-order valence-electron chi connectivity index (χ0n) is 15.9. The molecule has 0 bridgehead atoms. The van der Waals surface area contributed by atoms with E-state index in [1.165, 1.54) is 18.3 Å². The Morgan fingerprint density at radius 1 is 1.24 bits per heavy atom. The molecule has 1 unspecified atom stereocenters. The lowest BCUT2D eigenvalue weighted by atomic mass is 9.86. The van der Waals surface area contributed by atoms with E-state index in [1.807, 2.05) is 31.2 Å². The molecule has 2 aromatic carbocycles. The Hall–Kier alpha value is -3.54. The number of fused-ring (bicyclic) bond motifs is 1. The van der Waals surface area contributed by atoms with Crippen LogP contribution in [-0.2, 0) is 16.0 Å². The number of pyridine rings is 1. The van der Waals surface area contributed by atoms with E-state index in [2.05, 4.69) is 15.6 Å². The molecule has 0 spiro atoms. The van der Waals surface area contributed by atoms with Gasteiger partial charge in [0, 0.05) is 41.4 Å². The Balaban J connectivity index is 1.66. The highest BCUT2D eigenvalue weighted by Gasteiger charge is 2.29. The average Bonchev–Trinajstić information content (AvgIpc) is 2.73. The maximum atomic E-state index is 13.3. The molecule has 0 aliphatic carbocycles. The van der Waals surface area contributed by atoms with Crippen LogP contribution in [0.4, 0.5) is 10.1 Å². The molecule has 0 saturated heterocycles. The first-order valence-electron chi connectivity index (χ1n) is 9.49. The summed E-state index contributed by atoms with van der Waals surface area (Å²) < 4.78 is 13.3. The van der Waals surface area contributed by atoms with Gasteiger partial charge in [0.1, 0.15) is 5.82 Å². The highest BCUT2D eigenvalue weighted by Crippen LogP contribution is 2.32. The van der Waals surface area contributed by atoms with Crippen molar-refractivity contribution in [3.8, 4) is 0 Å². The minimum atomic E-state index is -0.434. The van der Waals surface area contributed by atoms with Gasteiger partial charge < -0.3 is 10.6 Å². The number of hydrogen-bond acceptors (Lipinski definition) is 3. The van der Waals surface area contributed by atoms with Crippen LogP contribution in [0.3, 0.4) is 0 Å². The first-order valence-corrected chi connectivity index (χ1v) is 9.49. The second-order valence-corrected chi connectivity index (χ2v) is 6.99. The van der Waals surface area contributed by atoms with E-state index in [1.54, 1.807) is 18.3 Å². The third kappa shape index (κ3) is 3.87. The summed E-state index contributed by atoms with van der Waals surface area (Å²) in [6.07, 6.45) is 4.05. The van der Waals surface area contributed by atoms with Gasteiger partial charge in [-0.3, -0.25) is 14.6 Å². The molecule has 1 aromatic heterocycles. The molecule has 1 atom stereocenters. The quantitative estimate of drug-likeness (QED) is 0.707. The topological polar surface area (TPSA) is 71.1 Å². The number of hydrogen-bond donors (Lipinski definition) is 2. The fourth-order valence-electron chi connectivity index (χ4n) is 3.60. The van der Waals surface area contributed by atoms with Crippen LogP contribution in [0.2, 0.25) is 0 Å². The van der Waals surface area contributed by atoms with Gasteiger partial charge in [-0.25, -0.2) is 4.39 Å². The molecule has 6 heteroatoms. The van der Waals surface area contributed by atoms with E-state index in [4.69, 9.17) is 0 Å². The van der Waals surface area contributed by atoms with Gasteiger partial charge in [0.05, 0.1) is 5.52 Å². The van der Waals surface area contributed by atoms with Gasteiger partial charge in [-0.2, -0.15) is 0 Å². The largest absolute Gasteiger partial charge is 0.332 e. The molecule has 29 heavy (non-hydrogen) atoms. The predicted molar refractivity (Wildman–Crippen MR) is 110 cm³/mol. The van der Waals surface area contributed by atoms with Gasteiger partial charge in [0.15, 0.2) is 0 Å². The number of carbonyl (C=O) groups excluding carboxylic acids is 2. The number of nitrogens with zero attached hydrogens (tertiary/aromatic N) is 1. The Morgan fingerprint density at radius 2 is 2.03 bits per heavy atom. The summed E-state index contributed by atoms with van der Waals surface area (Å²) in [6.45, 7) is 2.02. The second kappa shape index (κ2) is 7.83. The molecule has 0 fully saturated rings. The molecule has 3 aromatic rings. The highest BCUT2D eigenvalue weighted by molar-refractivity contribution is 6.07. The zero-order chi connectivity index (χ0) is 20.4. The summed E-state index contributed by atoms with van der Waals surface area (Å²) in [4.78, 5) is 29.4. The number of aryl methyl sites for hydroxylation is 1. The molecule has 0 radical (unpaired) electrons. The first-order chi connectivity index (χ1) is 14.0. The molecule has 5 nitrogen and oxygen atoms in total. The van der Waals surface area contributed by atoms with Crippen LogP contribution in [0, 0.1) is 5.82 Å². The molecule has 1 aliphatic heterocycles. The van der Waals surface area contributed by atoms with Gasteiger partial charge in [0.2, 0.25) is 5.91 Å². The molecule has 2 amide bonds. The van der Waals surface area contributed by atoms with E-state index in [0.717, 1.165) is 28.5 Å². The number of benzene rings is 2. The maximum absolute atomic E-state index is 13.3. The smallest absolute Gasteiger partial charge is 0.253 e. The molecule has 2 heterocycles. The third-order valence-corrected chi connectivity index (χ3v) is 5.15. The van der Waals surface area contributed by atoms with E-state index < -0.39 is 5.92 Å². The van der Waals surface area contributed by atoms with Crippen molar-refractivity contribution in [1.29, 1.82) is 0 Å². The van der Waals surface area contributed by atoms with E-state index in [-0.39, 0.29) is 24.1 Å². The maximum Gasteiger partial charge on any atom is 0.253 e. The Morgan fingerprint density at radius 3 is 2.79 bits per heavy atom. The van der Waals surface area contributed by atoms with Crippen molar-refractivity contribution in [3.05, 3.63) is 83.4 Å². The summed E-state index contributed by atoms with van der Waals surface area (Å²) in [5.74, 6) is -1.27. The number of anilines is 1. The zero-order valence-corrected chi connectivity index (χ0v) is 15.9. The van der Waals surface area contributed by atoms with Gasteiger partial charge in [-0.05, 0) is 47.9 Å². The molecular formula is C23H20FN3O2. The van der Waals surface area contributed by atoms with Crippen LogP contribution >= 0.6 is 0 Å². The average molecular weight is 389 g/mol. The Bertz CT molecular complexity index is 1120. The summed E-state index contributed by atoms with van der Waals surface area (Å²) in [5, 5.41) is 6.54. The minimum Gasteiger partial charge on any atom is -0.332 e. The van der Waals surface area contributed by atoms with Crippen molar-refractivity contribution in [1.82, 2.24) is 10.3 Å². The van der Waals surface area contributed by atoms with Crippen LogP contribution in [0.5, 0.6) is 0 Å². The fraction of sp³-hybridized carbons (Fsp3) is 0.174. The lowest BCUT2D eigenvalue weighted by molar-refractivity contribution is -0.121. The molecular weight excluding hydrogens is 369 g/mol. The number of carbonyl (C=O) groups is 2. The molecule has 2 N–H and O–H groups in total. The van der Waals surface area contributed by atoms with E-state index >= 15 is 0 Å². The van der Waals surface area contributed by atoms with Crippen molar-refractivity contribution in [3.63, 3.8) is 0 Å². The van der Waals surface area contributed by atoms with Crippen LogP contribution in [0.25, 0.3) is 10.9 Å². The number of halogens is 1. The monoisotopic (exact) mass is 389 g/mol. The molecule has 1 aliphatic rings. The van der Waals surface area contributed by atoms with E-state index in [9.17, 15) is 14.0 Å². The Kier molecular flexibility index (Phi) is 5.08. The summed E-state index contributed by atoms with van der Waals surface area (Å²) in [7, 11) is 0. The van der Waals surface area contributed by atoms with Crippen molar-refractivity contribution < 1.29 is 14.0 Å². The van der Waals surface area contributed by atoms with Crippen molar-refractivity contribution in [2.45, 2.75) is 25.7 Å². The second-order valence-electron chi connectivity index (χ2n) is 6.99. The number of rotatable bonds is 4. The summed E-state index contributed by atoms with van der Waals surface area (Å²) in [5.41, 5.74) is 3.72. The molecule has 0 saturated carbocycles. The van der Waals surface area contributed by atoms with Crippen LogP contribution in [0.15, 0.2) is 66.5 Å². The summed E-state index contributed by atoms with van der Waals surface area (Å²) in [6, 6.07) is 13.6. The number of nitrogens with one attached hydrogen (secondary N) is 2. The van der Waals surface area contributed by atoms with Crippen molar-refractivity contribution in [2.24, 2.45) is 0 Å². The lowest BCUT2D eigenvalue weighted by Crippen LogP contribution is -2.32. The fourth-order valence-corrected chi connectivity index (χ4v) is 3.60. The normalized spacial score (nSPS) is 16.3. The van der Waals surface area contributed by atoms with Crippen molar-refractivity contribution >= 4 is 28.4 Å². The lowest BCUT2D eigenvalue weighted by Gasteiger charge is -2.24. The molecule has 146 valence electrons. The number of aromatic nitrogens is 1. The first kappa shape index (κ1) is 18.8. The van der Waals surface area contributed by atoms with Crippen LogP contribution in [-0.4, -0.2) is 16.8 Å². The SMILES string of the molecule is CCc1cc2ncccc2cc1NC(=O)C1=CNC(=O)CC1c1ccc(F)cc1. The number of amides is 2. The standard InChI is InChI=1S/C23H20FN3O2/c1-2-14-10-20-16(4-3-9-25-20)11-21(14)27-23(29)19-13-26-22(28)12-18(19)15-5-7-17(24)8-6-15/h3-11,13,18H,2,12H2,1H3,(H,26,28)(H,27,29). The molecule has 4 rings (SSSR count). The van der Waals surface area contributed by atoms with Crippen LogP contribution in [0.1, 0.15) is 30.4 Å². The van der Waals surface area contributed by atoms with Gasteiger partial charge in [-0.1, -0.05) is 25.1 Å². The highest BCUT2D eigenvalue weighted by atomic mass is 19.1. The van der Waals surface area contributed by atoms with Gasteiger partial charge >= 0.3 is 0 Å². The summed E-state index contributed by atoms with van der Waals surface area (Å²) >= 11 is 0. The third-order valence-electron chi connectivity index (χ3n) is 5.15. The predicted octanol–water partition coefficient (Wildman–Crippen LogP) is 4.06.